The maximum atomic E-state index is 12.4. The summed E-state index contributed by atoms with van der Waals surface area (Å²) < 4.78 is 16.7. The summed E-state index contributed by atoms with van der Waals surface area (Å²) in [5.74, 6) is 1.74. The lowest BCUT2D eigenvalue weighted by atomic mass is 10.1. The van der Waals surface area contributed by atoms with Crippen molar-refractivity contribution in [2.75, 3.05) is 6.61 Å². The average Bonchev–Trinajstić information content (AvgIpc) is 3.20. The van der Waals surface area contributed by atoms with Gasteiger partial charge in [-0.25, -0.2) is 0 Å². The molecule has 27 heavy (non-hydrogen) atoms. The Morgan fingerprint density at radius 1 is 1.07 bits per heavy atom. The van der Waals surface area contributed by atoms with Crippen molar-refractivity contribution in [2.24, 2.45) is 0 Å². The lowest BCUT2D eigenvalue weighted by Gasteiger charge is -2.14. The minimum absolute atomic E-state index is 0.201. The maximum absolute atomic E-state index is 12.4. The van der Waals surface area contributed by atoms with E-state index in [0.29, 0.717) is 41.0 Å². The van der Waals surface area contributed by atoms with Gasteiger partial charge in [-0.2, -0.15) is 0 Å². The van der Waals surface area contributed by atoms with Crippen molar-refractivity contribution in [3.8, 4) is 11.5 Å². The largest absolute Gasteiger partial charge is 0.493 e. The van der Waals surface area contributed by atoms with Crippen LogP contribution in [0.3, 0.4) is 0 Å². The smallest absolute Gasteiger partial charge is 0.251 e. The van der Waals surface area contributed by atoms with E-state index in [9.17, 15) is 4.79 Å². The molecule has 0 atom stereocenters. The van der Waals surface area contributed by atoms with E-state index in [1.165, 1.54) is 0 Å². The maximum Gasteiger partial charge on any atom is 0.251 e. The Kier molecular flexibility index (Phi) is 6.39. The standard InChI is InChI=1S/C21H20ClNO4/c1-2-25-19-10-9-15(21(24)23-13-17-6-5-11-26-17)12-16(19)14-27-20-8-4-3-7-18(20)22/h3-12H,2,13-14H2,1H3,(H,23,24). The first-order chi connectivity index (χ1) is 13.2. The van der Waals surface area contributed by atoms with Crippen LogP contribution in [0.4, 0.5) is 0 Å². The summed E-state index contributed by atoms with van der Waals surface area (Å²) in [6.07, 6.45) is 1.57. The van der Waals surface area contributed by atoms with Gasteiger partial charge in [-0.15, -0.1) is 0 Å². The number of hydrogen-bond donors (Lipinski definition) is 1. The summed E-state index contributed by atoms with van der Waals surface area (Å²) >= 11 is 6.13. The summed E-state index contributed by atoms with van der Waals surface area (Å²) in [5, 5.41) is 3.36. The second kappa shape index (κ2) is 9.14. The molecule has 0 aliphatic rings. The van der Waals surface area contributed by atoms with Gasteiger partial charge in [-0.1, -0.05) is 23.7 Å². The molecule has 0 saturated heterocycles. The molecular formula is C21H20ClNO4. The fraction of sp³-hybridized carbons (Fsp3) is 0.190. The molecule has 3 aromatic rings. The minimum atomic E-state index is -0.201. The van der Waals surface area contributed by atoms with Crippen molar-refractivity contribution in [2.45, 2.75) is 20.1 Å². The molecule has 0 radical (unpaired) electrons. The average molecular weight is 386 g/mol. The van der Waals surface area contributed by atoms with Crippen molar-refractivity contribution < 1.29 is 18.7 Å². The Labute approximate surface area is 162 Å². The monoisotopic (exact) mass is 385 g/mol. The van der Waals surface area contributed by atoms with Gasteiger partial charge in [0.1, 0.15) is 23.9 Å². The van der Waals surface area contributed by atoms with Gasteiger partial charge in [0.25, 0.3) is 5.91 Å². The predicted molar refractivity (Wildman–Crippen MR) is 103 cm³/mol. The fourth-order valence-corrected chi connectivity index (χ4v) is 2.72. The number of rotatable bonds is 8. The highest BCUT2D eigenvalue weighted by atomic mass is 35.5. The lowest BCUT2D eigenvalue weighted by molar-refractivity contribution is 0.0948. The first-order valence-corrected chi connectivity index (χ1v) is 8.98. The summed E-state index contributed by atoms with van der Waals surface area (Å²) in [4.78, 5) is 12.4. The van der Waals surface area contributed by atoms with Crippen LogP contribution in [0.15, 0.2) is 65.3 Å². The highest BCUT2D eigenvalue weighted by molar-refractivity contribution is 6.32. The van der Waals surface area contributed by atoms with Crippen LogP contribution in [0.2, 0.25) is 5.02 Å². The molecule has 6 heteroatoms. The van der Waals surface area contributed by atoms with E-state index in [1.807, 2.05) is 19.1 Å². The van der Waals surface area contributed by atoms with Gasteiger partial charge in [0.15, 0.2) is 0 Å². The van der Waals surface area contributed by atoms with E-state index >= 15 is 0 Å². The Morgan fingerprint density at radius 2 is 1.93 bits per heavy atom. The molecule has 3 rings (SSSR count). The SMILES string of the molecule is CCOc1ccc(C(=O)NCc2ccco2)cc1COc1ccccc1Cl. The summed E-state index contributed by atoms with van der Waals surface area (Å²) in [7, 11) is 0. The Morgan fingerprint density at radius 3 is 2.67 bits per heavy atom. The van der Waals surface area contributed by atoms with Gasteiger partial charge >= 0.3 is 0 Å². The molecule has 1 N–H and O–H groups in total. The molecule has 1 amide bonds. The number of hydrogen-bond acceptors (Lipinski definition) is 4. The molecule has 0 spiro atoms. The third kappa shape index (κ3) is 5.05. The second-order valence-corrected chi connectivity index (χ2v) is 6.14. The topological polar surface area (TPSA) is 60.7 Å². The molecule has 0 saturated carbocycles. The van der Waals surface area contributed by atoms with Crippen LogP contribution in [0.25, 0.3) is 0 Å². The van der Waals surface area contributed by atoms with Crippen LogP contribution < -0.4 is 14.8 Å². The van der Waals surface area contributed by atoms with Gasteiger partial charge in [0, 0.05) is 11.1 Å². The van der Waals surface area contributed by atoms with E-state index in [1.54, 1.807) is 48.7 Å². The number of benzene rings is 2. The Balaban J connectivity index is 1.73. The van der Waals surface area contributed by atoms with Crippen LogP contribution in [-0.2, 0) is 13.2 Å². The van der Waals surface area contributed by atoms with E-state index in [4.69, 9.17) is 25.5 Å². The fourth-order valence-electron chi connectivity index (χ4n) is 2.53. The van der Waals surface area contributed by atoms with E-state index in [0.717, 1.165) is 5.56 Å². The van der Waals surface area contributed by atoms with Gasteiger partial charge < -0.3 is 19.2 Å². The molecule has 2 aromatic carbocycles. The summed E-state index contributed by atoms with van der Waals surface area (Å²) in [5.41, 5.74) is 1.28. The van der Waals surface area contributed by atoms with Gasteiger partial charge in [-0.3, -0.25) is 4.79 Å². The van der Waals surface area contributed by atoms with Crippen LogP contribution in [0.5, 0.6) is 11.5 Å². The number of para-hydroxylation sites is 1. The zero-order chi connectivity index (χ0) is 19.1. The van der Waals surface area contributed by atoms with Crippen LogP contribution in [0.1, 0.15) is 28.6 Å². The summed E-state index contributed by atoms with van der Waals surface area (Å²) in [6, 6.07) is 16.1. The van der Waals surface area contributed by atoms with E-state index < -0.39 is 0 Å². The second-order valence-electron chi connectivity index (χ2n) is 5.74. The van der Waals surface area contributed by atoms with Crippen LogP contribution >= 0.6 is 11.6 Å². The molecule has 0 aliphatic carbocycles. The molecule has 1 aromatic heterocycles. The molecule has 5 nitrogen and oxygen atoms in total. The third-order valence-electron chi connectivity index (χ3n) is 3.85. The van der Waals surface area contributed by atoms with E-state index in [2.05, 4.69) is 5.32 Å². The van der Waals surface area contributed by atoms with Crippen LogP contribution in [-0.4, -0.2) is 12.5 Å². The minimum Gasteiger partial charge on any atom is -0.493 e. The van der Waals surface area contributed by atoms with Crippen LogP contribution in [0, 0.1) is 0 Å². The highest BCUT2D eigenvalue weighted by Gasteiger charge is 2.12. The number of carbonyl (C=O) groups is 1. The van der Waals surface area contributed by atoms with Gasteiger partial charge in [0.05, 0.1) is 24.4 Å². The molecular weight excluding hydrogens is 366 g/mol. The quantitative estimate of drug-likeness (QED) is 0.602. The molecule has 0 fully saturated rings. The van der Waals surface area contributed by atoms with Crippen molar-refractivity contribution in [1.82, 2.24) is 5.32 Å². The molecule has 0 bridgehead atoms. The normalized spacial score (nSPS) is 10.4. The zero-order valence-corrected chi connectivity index (χ0v) is 15.7. The van der Waals surface area contributed by atoms with Gasteiger partial charge in [0.2, 0.25) is 0 Å². The van der Waals surface area contributed by atoms with Crippen molar-refractivity contribution in [3.63, 3.8) is 0 Å². The first kappa shape index (κ1) is 18.9. The molecule has 140 valence electrons. The predicted octanol–water partition coefficient (Wildman–Crippen LogP) is 4.84. The third-order valence-corrected chi connectivity index (χ3v) is 4.16. The Hall–Kier alpha value is -2.92. The molecule has 1 heterocycles. The summed E-state index contributed by atoms with van der Waals surface area (Å²) in [6.45, 7) is 2.98. The zero-order valence-electron chi connectivity index (χ0n) is 14.9. The number of halogens is 1. The lowest BCUT2D eigenvalue weighted by Crippen LogP contribution is -2.22. The number of amides is 1. The van der Waals surface area contributed by atoms with Gasteiger partial charge in [-0.05, 0) is 49.4 Å². The van der Waals surface area contributed by atoms with Crippen molar-refractivity contribution >= 4 is 17.5 Å². The highest BCUT2D eigenvalue weighted by Crippen LogP contribution is 2.27. The molecule has 0 aliphatic heterocycles. The number of nitrogens with one attached hydrogen (secondary N) is 1. The van der Waals surface area contributed by atoms with Crippen molar-refractivity contribution in [1.29, 1.82) is 0 Å². The number of carbonyl (C=O) groups excluding carboxylic acids is 1. The number of furan rings is 1. The van der Waals surface area contributed by atoms with Crippen molar-refractivity contribution in [3.05, 3.63) is 82.8 Å². The first-order valence-electron chi connectivity index (χ1n) is 8.61. The molecule has 0 unspecified atom stereocenters. The number of ether oxygens (including phenoxy) is 2. The van der Waals surface area contributed by atoms with E-state index in [-0.39, 0.29) is 12.5 Å². The Bertz CT molecular complexity index is 893.